The molecule has 0 radical (unpaired) electrons. The van der Waals surface area contributed by atoms with E-state index in [9.17, 15) is 9.59 Å². The molecular weight excluding hydrogens is 254 g/mol. The lowest BCUT2D eigenvalue weighted by Gasteiger charge is -2.15. The van der Waals surface area contributed by atoms with Gasteiger partial charge in [0.2, 0.25) is 11.8 Å². The number of hydrogen-bond donors (Lipinski definition) is 2. The van der Waals surface area contributed by atoms with Gasteiger partial charge in [0, 0.05) is 18.2 Å². The zero-order valence-electron chi connectivity index (χ0n) is 10.4. The molecule has 0 spiro atoms. The highest BCUT2D eigenvalue weighted by Gasteiger charge is 2.21. The minimum atomic E-state index is -0.896. The number of rotatable bonds is 7. The Morgan fingerprint density at radius 3 is 2.78 bits per heavy atom. The standard InChI is InChI=1S/C11H17N3O3S/c1-7(2)6-17-8(10(12)16)5-9(15)14-11-13-3-4-18-11/h3-4,7-8H,5-6H2,1-2H3,(H2,12,16)(H,13,14,15)/t8-/m1/s1. The molecule has 1 atom stereocenters. The van der Waals surface area contributed by atoms with Crippen LogP contribution in [0.4, 0.5) is 5.13 Å². The topological polar surface area (TPSA) is 94.3 Å². The highest BCUT2D eigenvalue weighted by molar-refractivity contribution is 7.13. The van der Waals surface area contributed by atoms with E-state index in [1.807, 2.05) is 13.8 Å². The molecular formula is C11H17N3O3S. The van der Waals surface area contributed by atoms with E-state index in [2.05, 4.69) is 10.3 Å². The predicted octanol–water partition coefficient (Wildman–Crippen LogP) is 0.998. The third-order valence-electron chi connectivity index (χ3n) is 2.00. The minimum Gasteiger partial charge on any atom is -0.368 e. The van der Waals surface area contributed by atoms with E-state index >= 15 is 0 Å². The van der Waals surface area contributed by atoms with Gasteiger partial charge in [-0.3, -0.25) is 9.59 Å². The zero-order chi connectivity index (χ0) is 13.5. The fourth-order valence-electron chi connectivity index (χ4n) is 1.17. The molecule has 0 bridgehead atoms. The normalized spacial score (nSPS) is 12.4. The summed E-state index contributed by atoms with van der Waals surface area (Å²) in [5.74, 6) is -0.698. The Balaban J connectivity index is 2.45. The van der Waals surface area contributed by atoms with Gasteiger partial charge in [0.15, 0.2) is 5.13 Å². The molecule has 1 aromatic rings. The lowest BCUT2D eigenvalue weighted by molar-refractivity contribution is -0.134. The molecule has 0 saturated carbocycles. The molecule has 1 aromatic heterocycles. The lowest BCUT2D eigenvalue weighted by Crippen LogP contribution is -2.35. The minimum absolute atomic E-state index is 0.0956. The van der Waals surface area contributed by atoms with Crippen LogP contribution in [0.3, 0.4) is 0 Å². The van der Waals surface area contributed by atoms with Crippen molar-refractivity contribution in [2.24, 2.45) is 11.7 Å². The summed E-state index contributed by atoms with van der Waals surface area (Å²) in [4.78, 5) is 26.7. The maximum absolute atomic E-state index is 11.6. The van der Waals surface area contributed by atoms with Crippen molar-refractivity contribution in [2.75, 3.05) is 11.9 Å². The summed E-state index contributed by atoms with van der Waals surface area (Å²) in [5.41, 5.74) is 5.19. The number of hydrogen-bond acceptors (Lipinski definition) is 5. The molecule has 1 heterocycles. The van der Waals surface area contributed by atoms with Gasteiger partial charge in [-0.1, -0.05) is 13.8 Å². The van der Waals surface area contributed by atoms with Crippen LogP contribution >= 0.6 is 11.3 Å². The first-order chi connectivity index (χ1) is 8.49. The number of nitrogens with zero attached hydrogens (tertiary/aromatic N) is 1. The molecule has 0 unspecified atom stereocenters. The van der Waals surface area contributed by atoms with Crippen LogP contribution in [0.15, 0.2) is 11.6 Å². The van der Waals surface area contributed by atoms with Crippen LogP contribution in [-0.4, -0.2) is 29.5 Å². The Hall–Kier alpha value is -1.47. The number of amides is 2. The molecule has 100 valence electrons. The molecule has 0 aliphatic rings. The third kappa shape index (κ3) is 5.24. The molecule has 0 fully saturated rings. The van der Waals surface area contributed by atoms with Crippen molar-refractivity contribution in [1.82, 2.24) is 4.98 Å². The van der Waals surface area contributed by atoms with Gasteiger partial charge < -0.3 is 15.8 Å². The fourth-order valence-corrected chi connectivity index (χ4v) is 1.72. The maximum atomic E-state index is 11.6. The summed E-state index contributed by atoms with van der Waals surface area (Å²) in [5, 5.41) is 4.81. The molecule has 0 aromatic carbocycles. The first kappa shape index (κ1) is 14.6. The van der Waals surface area contributed by atoms with Crippen molar-refractivity contribution in [2.45, 2.75) is 26.4 Å². The molecule has 7 heteroatoms. The highest BCUT2D eigenvalue weighted by atomic mass is 32.1. The molecule has 18 heavy (non-hydrogen) atoms. The van der Waals surface area contributed by atoms with E-state index in [4.69, 9.17) is 10.5 Å². The van der Waals surface area contributed by atoms with Crippen LogP contribution in [0.1, 0.15) is 20.3 Å². The lowest BCUT2D eigenvalue weighted by atomic mass is 10.2. The van der Waals surface area contributed by atoms with E-state index in [-0.39, 0.29) is 18.2 Å². The summed E-state index contributed by atoms with van der Waals surface area (Å²) in [6, 6.07) is 0. The van der Waals surface area contributed by atoms with E-state index in [0.717, 1.165) is 0 Å². The van der Waals surface area contributed by atoms with Crippen LogP contribution < -0.4 is 11.1 Å². The van der Waals surface area contributed by atoms with Gasteiger partial charge in [-0.2, -0.15) is 0 Å². The van der Waals surface area contributed by atoms with Gasteiger partial charge in [0.25, 0.3) is 0 Å². The highest BCUT2D eigenvalue weighted by Crippen LogP contribution is 2.11. The quantitative estimate of drug-likeness (QED) is 0.773. The Kier molecular flexibility index (Phi) is 5.73. The summed E-state index contributed by atoms with van der Waals surface area (Å²) in [6.07, 6.45) is 0.593. The first-order valence-corrected chi connectivity index (χ1v) is 6.47. The summed E-state index contributed by atoms with van der Waals surface area (Å²) in [6.45, 7) is 4.29. The number of nitrogens with two attached hydrogens (primary N) is 1. The van der Waals surface area contributed by atoms with Gasteiger partial charge in [0.05, 0.1) is 6.42 Å². The smallest absolute Gasteiger partial charge is 0.247 e. The average molecular weight is 271 g/mol. The Morgan fingerprint density at radius 2 is 2.28 bits per heavy atom. The number of aromatic nitrogens is 1. The summed E-state index contributed by atoms with van der Waals surface area (Å²) >= 11 is 1.30. The fraction of sp³-hybridized carbons (Fsp3) is 0.545. The number of thiazole rings is 1. The number of primary amides is 1. The predicted molar refractivity (Wildman–Crippen MR) is 69.1 cm³/mol. The van der Waals surface area contributed by atoms with Gasteiger partial charge in [-0.05, 0) is 5.92 Å². The van der Waals surface area contributed by atoms with Crippen molar-refractivity contribution < 1.29 is 14.3 Å². The Bertz CT molecular complexity index is 392. The molecule has 3 N–H and O–H groups in total. The van der Waals surface area contributed by atoms with Crippen LogP contribution in [-0.2, 0) is 14.3 Å². The number of carbonyl (C=O) groups excluding carboxylic acids is 2. The second-order valence-corrected chi connectivity index (χ2v) is 5.10. The molecule has 0 aliphatic heterocycles. The van der Waals surface area contributed by atoms with Gasteiger partial charge >= 0.3 is 0 Å². The number of carbonyl (C=O) groups is 2. The van der Waals surface area contributed by atoms with Crippen LogP contribution in [0.2, 0.25) is 0 Å². The summed E-state index contributed by atoms with van der Waals surface area (Å²) in [7, 11) is 0. The Labute approximate surface area is 110 Å². The molecule has 2 amide bonds. The Morgan fingerprint density at radius 1 is 1.56 bits per heavy atom. The van der Waals surface area contributed by atoms with E-state index in [0.29, 0.717) is 11.7 Å². The van der Waals surface area contributed by atoms with E-state index < -0.39 is 12.0 Å². The molecule has 1 rings (SSSR count). The van der Waals surface area contributed by atoms with Crippen molar-refractivity contribution in [1.29, 1.82) is 0 Å². The van der Waals surface area contributed by atoms with Crippen molar-refractivity contribution in [3.8, 4) is 0 Å². The number of anilines is 1. The van der Waals surface area contributed by atoms with Gasteiger partial charge in [-0.25, -0.2) is 4.98 Å². The number of nitrogens with one attached hydrogen (secondary N) is 1. The van der Waals surface area contributed by atoms with Crippen molar-refractivity contribution in [3.05, 3.63) is 11.6 Å². The van der Waals surface area contributed by atoms with Crippen LogP contribution in [0, 0.1) is 5.92 Å². The van der Waals surface area contributed by atoms with E-state index in [1.54, 1.807) is 11.6 Å². The SMILES string of the molecule is CC(C)CO[C@H](CC(=O)Nc1nccs1)C(N)=O. The van der Waals surface area contributed by atoms with Crippen LogP contribution in [0.5, 0.6) is 0 Å². The summed E-state index contributed by atoms with van der Waals surface area (Å²) < 4.78 is 5.30. The zero-order valence-corrected chi connectivity index (χ0v) is 11.2. The van der Waals surface area contributed by atoms with Crippen molar-refractivity contribution >= 4 is 28.3 Å². The molecule has 0 saturated heterocycles. The van der Waals surface area contributed by atoms with Gasteiger partial charge in [0.1, 0.15) is 6.10 Å². The van der Waals surface area contributed by atoms with E-state index in [1.165, 1.54) is 11.3 Å². The average Bonchev–Trinajstić information content (AvgIpc) is 2.76. The number of ether oxygens (including phenoxy) is 1. The first-order valence-electron chi connectivity index (χ1n) is 5.59. The molecule has 0 aliphatic carbocycles. The van der Waals surface area contributed by atoms with Gasteiger partial charge in [-0.15, -0.1) is 11.3 Å². The second-order valence-electron chi connectivity index (χ2n) is 4.21. The third-order valence-corrected chi connectivity index (χ3v) is 2.69. The molecule has 6 nitrogen and oxygen atoms in total. The maximum Gasteiger partial charge on any atom is 0.247 e. The largest absolute Gasteiger partial charge is 0.368 e. The van der Waals surface area contributed by atoms with Crippen LogP contribution in [0.25, 0.3) is 0 Å². The van der Waals surface area contributed by atoms with Crippen molar-refractivity contribution in [3.63, 3.8) is 0 Å². The second kappa shape index (κ2) is 7.07. The monoisotopic (exact) mass is 271 g/mol.